The van der Waals surface area contributed by atoms with Gasteiger partial charge in [0.25, 0.3) is 0 Å². The maximum Gasteiger partial charge on any atom is 0.226 e. The van der Waals surface area contributed by atoms with E-state index in [0.29, 0.717) is 5.82 Å². The van der Waals surface area contributed by atoms with Gasteiger partial charge in [-0.2, -0.15) is 5.10 Å². The molecular formula is C14H13N3O. The third kappa shape index (κ3) is 2.83. The van der Waals surface area contributed by atoms with Crippen molar-refractivity contribution in [3.05, 3.63) is 47.0 Å². The van der Waals surface area contributed by atoms with Gasteiger partial charge >= 0.3 is 0 Å². The first-order valence-electron chi connectivity index (χ1n) is 5.52. The fraction of sp³-hybridized carbons (Fsp3) is 0.214. The third-order valence-corrected chi connectivity index (χ3v) is 2.42. The van der Waals surface area contributed by atoms with E-state index in [-0.39, 0.29) is 0 Å². The third-order valence-electron chi connectivity index (χ3n) is 2.42. The summed E-state index contributed by atoms with van der Waals surface area (Å²) in [5, 5.41) is 7.67. The maximum absolute atomic E-state index is 5.15. The summed E-state index contributed by atoms with van der Waals surface area (Å²) >= 11 is 0. The van der Waals surface area contributed by atoms with E-state index in [1.807, 2.05) is 32.0 Å². The van der Waals surface area contributed by atoms with Crippen molar-refractivity contribution in [2.75, 3.05) is 7.11 Å². The average Bonchev–Trinajstić information content (AvgIpc) is 2.37. The lowest BCUT2D eigenvalue weighted by atomic mass is 10.1. The molecule has 0 spiro atoms. The van der Waals surface area contributed by atoms with E-state index in [9.17, 15) is 0 Å². The summed E-state index contributed by atoms with van der Waals surface area (Å²) in [4.78, 5) is 4.18. The molecule has 0 N–H and O–H groups in total. The Balaban J connectivity index is 2.30. The molecule has 2 aromatic rings. The quantitative estimate of drug-likeness (QED) is 0.713. The van der Waals surface area contributed by atoms with Crippen LogP contribution < -0.4 is 4.74 Å². The van der Waals surface area contributed by atoms with Crippen LogP contribution >= 0.6 is 0 Å². The normalized spacial score (nSPS) is 9.50. The summed E-state index contributed by atoms with van der Waals surface area (Å²) in [6, 6.07) is 5.75. The molecule has 0 bridgehead atoms. The smallest absolute Gasteiger partial charge is 0.226 e. The number of ether oxygens (including phenoxy) is 1. The van der Waals surface area contributed by atoms with Crippen molar-refractivity contribution in [3.8, 4) is 17.6 Å². The highest BCUT2D eigenvalue weighted by Crippen LogP contribution is 2.15. The topological polar surface area (TPSA) is 47.9 Å². The van der Waals surface area contributed by atoms with Crippen LogP contribution in [0, 0.1) is 25.7 Å². The van der Waals surface area contributed by atoms with Crippen LogP contribution in [0.3, 0.4) is 0 Å². The van der Waals surface area contributed by atoms with Crippen molar-refractivity contribution in [1.29, 1.82) is 0 Å². The first-order valence-corrected chi connectivity index (χ1v) is 5.52. The maximum atomic E-state index is 5.15. The van der Waals surface area contributed by atoms with Crippen LogP contribution in [-0.4, -0.2) is 22.3 Å². The Morgan fingerprint density at radius 2 is 2.00 bits per heavy atom. The zero-order valence-electron chi connectivity index (χ0n) is 10.6. The minimum atomic E-state index is 0.435. The molecule has 1 aromatic carbocycles. The van der Waals surface area contributed by atoms with Gasteiger partial charge in [-0.25, -0.2) is 4.98 Å². The van der Waals surface area contributed by atoms with E-state index in [1.165, 1.54) is 0 Å². The molecule has 0 radical (unpaired) electrons. The van der Waals surface area contributed by atoms with Gasteiger partial charge in [-0.15, -0.1) is 5.10 Å². The highest BCUT2D eigenvalue weighted by Gasteiger charge is 1.98. The van der Waals surface area contributed by atoms with Gasteiger partial charge in [-0.1, -0.05) is 5.92 Å². The Kier molecular flexibility index (Phi) is 3.54. The average molecular weight is 239 g/mol. The van der Waals surface area contributed by atoms with Gasteiger partial charge in [-0.3, -0.25) is 0 Å². The Labute approximate surface area is 106 Å². The molecule has 1 heterocycles. The predicted octanol–water partition coefficient (Wildman–Crippen LogP) is 1.90. The Morgan fingerprint density at radius 3 is 2.67 bits per heavy atom. The van der Waals surface area contributed by atoms with Crippen LogP contribution in [-0.2, 0) is 0 Å². The summed E-state index contributed by atoms with van der Waals surface area (Å²) in [6.45, 7) is 3.85. The lowest BCUT2D eigenvalue weighted by Crippen LogP contribution is -1.94. The van der Waals surface area contributed by atoms with E-state index in [4.69, 9.17) is 4.74 Å². The largest absolute Gasteiger partial charge is 0.497 e. The van der Waals surface area contributed by atoms with Crippen LogP contribution in [0.2, 0.25) is 0 Å². The first-order chi connectivity index (χ1) is 8.69. The molecule has 2 rings (SSSR count). The molecule has 0 saturated carbocycles. The molecule has 90 valence electrons. The lowest BCUT2D eigenvalue weighted by Gasteiger charge is -2.02. The minimum Gasteiger partial charge on any atom is -0.497 e. The van der Waals surface area contributed by atoms with Gasteiger partial charge in [0.05, 0.1) is 19.0 Å². The highest BCUT2D eigenvalue weighted by atomic mass is 16.5. The number of hydrogen-bond donors (Lipinski definition) is 0. The van der Waals surface area contributed by atoms with Crippen molar-refractivity contribution in [1.82, 2.24) is 15.2 Å². The van der Waals surface area contributed by atoms with Gasteiger partial charge in [0, 0.05) is 5.56 Å². The molecule has 0 aliphatic carbocycles. The van der Waals surface area contributed by atoms with Crippen LogP contribution in [0.15, 0.2) is 24.4 Å². The fourth-order valence-corrected chi connectivity index (χ4v) is 1.46. The number of aromatic nitrogens is 3. The Hall–Kier alpha value is -2.41. The van der Waals surface area contributed by atoms with Gasteiger partial charge in [0.15, 0.2) is 0 Å². The standard InChI is InChI=1S/C14H13N3O/c1-10-8-13(18-3)6-4-12(10)5-7-14-16-11(2)9-15-17-14/h4,6,8-9H,1-3H3. The van der Waals surface area contributed by atoms with Crippen LogP contribution in [0.5, 0.6) is 5.75 Å². The molecule has 0 amide bonds. The summed E-state index contributed by atoms with van der Waals surface area (Å²) in [5.74, 6) is 7.20. The highest BCUT2D eigenvalue weighted by molar-refractivity contribution is 5.46. The Morgan fingerprint density at radius 1 is 1.17 bits per heavy atom. The minimum absolute atomic E-state index is 0.435. The molecule has 0 aliphatic rings. The summed E-state index contributed by atoms with van der Waals surface area (Å²) in [7, 11) is 1.65. The summed E-state index contributed by atoms with van der Waals surface area (Å²) < 4.78 is 5.15. The molecule has 0 fully saturated rings. The number of benzene rings is 1. The molecule has 4 heteroatoms. The summed E-state index contributed by atoms with van der Waals surface area (Å²) in [6.07, 6.45) is 1.60. The molecule has 0 aliphatic heterocycles. The van der Waals surface area contributed by atoms with Gasteiger partial charge in [0.1, 0.15) is 5.75 Å². The van der Waals surface area contributed by atoms with Crippen molar-refractivity contribution in [2.45, 2.75) is 13.8 Å². The van der Waals surface area contributed by atoms with Crippen molar-refractivity contribution in [2.24, 2.45) is 0 Å². The molecule has 0 saturated heterocycles. The second-order valence-electron chi connectivity index (χ2n) is 3.85. The summed E-state index contributed by atoms with van der Waals surface area (Å²) in [5.41, 5.74) is 2.80. The number of rotatable bonds is 1. The second kappa shape index (κ2) is 5.28. The predicted molar refractivity (Wildman–Crippen MR) is 68.3 cm³/mol. The van der Waals surface area contributed by atoms with Gasteiger partial charge in [-0.05, 0) is 43.5 Å². The second-order valence-corrected chi connectivity index (χ2v) is 3.85. The van der Waals surface area contributed by atoms with Gasteiger partial charge < -0.3 is 4.74 Å². The molecule has 18 heavy (non-hydrogen) atoms. The molecule has 1 aromatic heterocycles. The monoisotopic (exact) mass is 239 g/mol. The molecular weight excluding hydrogens is 226 g/mol. The lowest BCUT2D eigenvalue weighted by molar-refractivity contribution is 0.414. The zero-order chi connectivity index (χ0) is 13.0. The van der Waals surface area contributed by atoms with Crippen molar-refractivity contribution >= 4 is 0 Å². The van der Waals surface area contributed by atoms with Crippen LogP contribution in [0.4, 0.5) is 0 Å². The zero-order valence-corrected chi connectivity index (χ0v) is 10.6. The number of nitrogens with zero attached hydrogens (tertiary/aromatic N) is 3. The van der Waals surface area contributed by atoms with E-state index in [0.717, 1.165) is 22.6 Å². The number of methoxy groups -OCH3 is 1. The van der Waals surface area contributed by atoms with Crippen molar-refractivity contribution in [3.63, 3.8) is 0 Å². The molecule has 0 atom stereocenters. The molecule has 4 nitrogen and oxygen atoms in total. The van der Waals surface area contributed by atoms with E-state index in [1.54, 1.807) is 13.3 Å². The Bertz CT molecular complexity index is 626. The number of hydrogen-bond acceptors (Lipinski definition) is 4. The van der Waals surface area contributed by atoms with Crippen LogP contribution in [0.1, 0.15) is 22.6 Å². The number of aryl methyl sites for hydroxylation is 2. The molecule has 0 unspecified atom stereocenters. The SMILES string of the molecule is COc1ccc(C#Cc2nncc(C)n2)c(C)c1. The van der Waals surface area contributed by atoms with E-state index in [2.05, 4.69) is 27.0 Å². The fourth-order valence-electron chi connectivity index (χ4n) is 1.46. The van der Waals surface area contributed by atoms with E-state index < -0.39 is 0 Å². The van der Waals surface area contributed by atoms with Crippen LogP contribution in [0.25, 0.3) is 0 Å². The van der Waals surface area contributed by atoms with Gasteiger partial charge in [0.2, 0.25) is 5.82 Å². The first kappa shape index (κ1) is 12.1. The van der Waals surface area contributed by atoms with E-state index >= 15 is 0 Å². The van der Waals surface area contributed by atoms with Crippen molar-refractivity contribution < 1.29 is 4.74 Å².